The standard InChI is InChI=1S/C26H27FN6O2/c1-15-10-19(27)18(11-21(15)32-13-22(29-14-32)26(3,4)35)25(34)31-23-7-5-6-20(30-23)24-28-12-17-9-8-16(2)33(17)24/h5-7,10-14,16,35H,8-9H2,1-4H3,(H,30,31,34)/t16-/m0/s1. The monoisotopic (exact) mass is 474 g/mol. The third kappa shape index (κ3) is 4.23. The van der Waals surface area contributed by atoms with Gasteiger partial charge < -0.3 is 19.6 Å². The maximum absolute atomic E-state index is 14.8. The third-order valence-corrected chi connectivity index (χ3v) is 6.37. The molecule has 1 aromatic carbocycles. The van der Waals surface area contributed by atoms with Gasteiger partial charge in [-0.05, 0) is 70.4 Å². The lowest BCUT2D eigenvalue weighted by atomic mass is 10.1. The van der Waals surface area contributed by atoms with E-state index in [1.807, 2.05) is 12.3 Å². The van der Waals surface area contributed by atoms with Crippen molar-refractivity contribution < 1.29 is 14.3 Å². The first-order valence-electron chi connectivity index (χ1n) is 11.5. The Morgan fingerprint density at radius 2 is 2.06 bits per heavy atom. The number of pyridine rings is 1. The van der Waals surface area contributed by atoms with Gasteiger partial charge in [-0.2, -0.15) is 0 Å². The van der Waals surface area contributed by atoms with Crippen molar-refractivity contribution in [3.8, 4) is 17.2 Å². The fourth-order valence-corrected chi connectivity index (χ4v) is 4.44. The zero-order valence-corrected chi connectivity index (χ0v) is 20.1. The Morgan fingerprint density at radius 1 is 1.26 bits per heavy atom. The van der Waals surface area contributed by atoms with Crippen molar-refractivity contribution in [1.29, 1.82) is 0 Å². The molecule has 2 N–H and O–H groups in total. The second-order valence-corrected chi connectivity index (χ2v) is 9.54. The van der Waals surface area contributed by atoms with Gasteiger partial charge in [0.25, 0.3) is 5.91 Å². The molecule has 1 amide bonds. The van der Waals surface area contributed by atoms with Crippen LogP contribution in [0.5, 0.6) is 0 Å². The molecule has 0 saturated heterocycles. The number of amides is 1. The molecule has 1 atom stereocenters. The van der Waals surface area contributed by atoms with Crippen molar-refractivity contribution in [3.63, 3.8) is 0 Å². The summed E-state index contributed by atoms with van der Waals surface area (Å²) in [5, 5.41) is 12.9. The van der Waals surface area contributed by atoms with Crippen LogP contribution in [0.1, 0.15) is 60.5 Å². The second-order valence-electron chi connectivity index (χ2n) is 9.54. The van der Waals surface area contributed by atoms with Crippen molar-refractivity contribution in [2.24, 2.45) is 0 Å². The molecule has 1 aliphatic heterocycles. The lowest BCUT2D eigenvalue weighted by Gasteiger charge is -2.14. The number of rotatable bonds is 5. The van der Waals surface area contributed by atoms with Crippen LogP contribution in [0.25, 0.3) is 17.2 Å². The molecule has 3 aromatic heterocycles. The van der Waals surface area contributed by atoms with Crippen molar-refractivity contribution in [3.05, 3.63) is 77.4 Å². The molecule has 0 radical (unpaired) electrons. The minimum Gasteiger partial charge on any atom is -0.384 e. The van der Waals surface area contributed by atoms with Gasteiger partial charge in [0.1, 0.15) is 22.9 Å². The van der Waals surface area contributed by atoms with Crippen LogP contribution < -0.4 is 5.32 Å². The summed E-state index contributed by atoms with van der Waals surface area (Å²) in [5.41, 5.74) is 2.25. The van der Waals surface area contributed by atoms with Gasteiger partial charge in [-0.3, -0.25) is 4.79 Å². The molecule has 4 heterocycles. The van der Waals surface area contributed by atoms with Gasteiger partial charge >= 0.3 is 0 Å². The summed E-state index contributed by atoms with van der Waals surface area (Å²) in [4.78, 5) is 26.4. The van der Waals surface area contributed by atoms with Crippen molar-refractivity contribution in [2.75, 3.05) is 5.32 Å². The van der Waals surface area contributed by atoms with Crippen LogP contribution in [0.2, 0.25) is 0 Å². The van der Waals surface area contributed by atoms with Crippen molar-refractivity contribution >= 4 is 11.7 Å². The van der Waals surface area contributed by atoms with Crippen LogP contribution in [-0.4, -0.2) is 35.1 Å². The van der Waals surface area contributed by atoms with Gasteiger partial charge in [0.15, 0.2) is 5.82 Å². The van der Waals surface area contributed by atoms with Crippen molar-refractivity contribution in [1.82, 2.24) is 24.1 Å². The maximum atomic E-state index is 14.8. The lowest BCUT2D eigenvalue weighted by molar-refractivity contribution is 0.0742. The Labute approximate surface area is 202 Å². The lowest BCUT2D eigenvalue weighted by Crippen LogP contribution is -2.16. The van der Waals surface area contributed by atoms with Crippen LogP contribution >= 0.6 is 0 Å². The van der Waals surface area contributed by atoms with Crippen LogP contribution in [0.3, 0.4) is 0 Å². The van der Waals surface area contributed by atoms with Crippen LogP contribution in [-0.2, 0) is 12.0 Å². The number of fused-ring (bicyclic) bond motifs is 1. The minimum absolute atomic E-state index is 0.119. The highest BCUT2D eigenvalue weighted by molar-refractivity contribution is 6.04. The van der Waals surface area contributed by atoms with E-state index >= 15 is 0 Å². The fraction of sp³-hybridized carbons (Fsp3) is 0.308. The molecule has 5 rings (SSSR count). The quantitative estimate of drug-likeness (QED) is 0.442. The normalized spacial score (nSPS) is 15.3. The Kier molecular flexibility index (Phi) is 5.52. The number of benzene rings is 1. The Morgan fingerprint density at radius 3 is 2.80 bits per heavy atom. The molecule has 0 fully saturated rings. The number of anilines is 1. The molecule has 9 heteroatoms. The SMILES string of the molecule is Cc1cc(F)c(C(=O)Nc2cccc(-c3ncc4n3[C@@H](C)CC4)n2)cc1-n1cnc(C(C)(C)O)c1. The molecule has 4 aromatic rings. The molecule has 0 bridgehead atoms. The zero-order valence-electron chi connectivity index (χ0n) is 20.1. The van der Waals surface area contributed by atoms with Gasteiger partial charge in [0, 0.05) is 24.1 Å². The molecule has 35 heavy (non-hydrogen) atoms. The number of carbonyl (C=O) groups excluding carboxylic acids is 1. The van der Waals surface area contributed by atoms with E-state index in [1.54, 1.807) is 43.7 Å². The number of carbonyl (C=O) groups is 1. The van der Waals surface area contributed by atoms with Crippen LogP contribution in [0.4, 0.5) is 10.2 Å². The molecule has 0 saturated carbocycles. The number of hydrogen-bond donors (Lipinski definition) is 2. The van der Waals surface area contributed by atoms with E-state index in [0.29, 0.717) is 34.5 Å². The number of aliphatic hydroxyl groups is 1. The number of imidazole rings is 2. The van der Waals surface area contributed by atoms with Crippen LogP contribution in [0, 0.1) is 12.7 Å². The Balaban J connectivity index is 1.43. The summed E-state index contributed by atoms with van der Waals surface area (Å²) >= 11 is 0. The molecule has 8 nitrogen and oxygen atoms in total. The zero-order chi connectivity index (χ0) is 24.9. The van der Waals surface area contributed by atoms with Gasteiger partial charge in [-0.25, -0.2) is 19.3 Å². The molecular formula is C26H27FN6O2. The molecule has 0 spiro atoms. The number of nitrogens with zero attached hydrogens (tertiary/aromatic N) is 5. The fourth-order valence-electron chi connectivity index (χ4n) is 4.44. The number of halogens is 1. The summed E-state index contributed by atoms with van der Waals surface area (Å²) in [5.74, 6) is -0.183. The van der Waals surface area contributed by atoms with Crippen LogP contribution in [0.15, 0.2) is 49.1 Å². The molecule has 0 aliphatic carbocycles. The topological polar surface area (TPSA) is 97.9 Å². The molecular weight excluding hydrogens is 447 g/mol. The minimum atomic E-state index is -1.12. The maximum Gasteiger partial charge on any atom is 0.259 e. The van der Waals surface area contributed by atoms with Gasteiger partial charge in [0.05, 0.1) is 23.3 Å². The number of aromatic nitrogens is 5. The van der Waals surface area contributed by atoms with Gasteiger partial charge in [-0.1, -0.05) is 6.07 Å². The second kappa shape index (κ2) is 8.42. The first kappa shape index (κ1) is 22.9. The van der Waals surface area contributed by atoms with E-state index in [2.05, 4.69) is 31.8 Å². The summed E-state index contributed by atoms with van der Waals surface area (Å²) in [7, 11) is 0. The Hall–Kier alpha value is -3.85. The smallest absolute Gasteiger partial charge is 0.259 e. The van der Waals surface area contributed by atoms with E-state index in [9.17, 15) is 14.3 Å². The molecule has 1 aliphatic rings. The average molecular weight is 475 g/mol. The highest BCUT2D eigenvalue weighted by Crippen LogP contribution is 2.31. The first-order valence-corrected chi connectivity index (χ1v) is 11.5. The van der Waals surface area contributed by atoms with E-state index < -0.39 is 17.3 Å². The average Bonchev–Trinajstić information content (AvgIpc) is 3.52. The largest absolute Gasteiger partial charge is 0.384 e. The molecule has 180 valence electrons. The van der Waals surface area contributed by atoms with E-state index in [-0.39, 0.29) is 5.56 Å². The van der Waals surface area contributed by atoms with Crippen molar-refractivity contribution in [2.45, 2.75) is 52.2 Å². The van der Waals surface area contributed by atoms with E-state index in [4.69, 9.17) is 0 Å². The highest BCUT2D eigenvalue weighted by atomic mass is 19.1. The number of hydrogen-bond acceptors (Lipinski definition) is 5. The van der Waals surface area contributed by atoms with Gasteiger partial charge in [-0.15, -0.1) is 0 Å². The summed E-state index contributed by atoms with van der Waals surface area (Å²) in [6, 6.07) is 8.43. The molecule has 0 unspecified atom stereocenters. The number of aryl methyl sites for hydroxylation is 2. The predicted molar refractivity (Wildman–Crippen MR) is 130 cm³/mol. The van der Waals surface area contributed by atoms with E-state index in [1.165, 1.54) is 24.2 Å². The first-order chi connectivity index (χ1) is 16.6. The third-order valence-electron chi connectivity index (χ3n) is 6.37. The summed E-state index contributed by atoms with van der Waals surface area (Å²) in [6.07, 6.45) is 7.11. The summed E-state index contributed by atoms with van der Waals surface area (Å²) in [6.45, 7) is 7.17. The van der Waals surface area contributed by atoms with Gasteiger partial charge in [0.2, 0.25) is 0 Å². The van der Waals surface area contributed by atoms with E-state index in [0.717, 1.165) is 18.7 Å². The highest BCUT2D eigenvalue weighted by Gasteiger charge is 2.24. The predicted octanol–water partition coefficient (Wildman–Crippen LogP) is 4.57. The number of nitrogens with one attached hydrogen (secondary N) is 1. The summed E-state index contributed by atoms with van der Waals surface area (Å²) < 4.78 is 18.7. The Bertz CT molecular complexity index is 1430.